The molecule has 3 heterocycles. The maximum Gasteiger partial charge on any atom is 0.271 e. The molecular weight excluding hydrogens is 354 g/mol. The van der Waals surface area contributed by atoms with Gasteiger partial charge in [-0.15, -0.1) is 6.58 Å². The molecule has 4 rings (SSSR count). The van der Waals surface area contributed by atoms with Crippen molar-refractivity contribution in [2.45, 2.75) is 26.3 Å². The molecule has 0 N–H and O–H groups in total. The average Bonchev–Trinajstić information content (AvgIpc) is 3.18. The van der Waals surface area contributed by atoms with Crippen molar-refractivity contribution in [1.29, 1.82) is 0 Å². The number of likely N-dealkylation sites (N-methyl/N-ethyl adjacent to an activating group) is 1. The van der Waals surface area contributed by atoms with E-state index in [2.05, 4.69) is 25.3 Å². The molecule has 0 radical (unpaired) electrons. The van der Waals surface area contributed by atoms with E-state index in [0.717, 1.165) is 47.0 Å². The van der Waals surface area contributed by atoms with Crippen molar-refractivity contribution in [2.75, 3.05) is 33.5 Å². The number of ether oxygens (including phenoxy) is 2. The SMILES string of the molecule is C=CCN1C(=O)C2=C(C(CC(C)C)=NCCN2C)C1c1ccc2c(c1)OCO2. The summed E-state index contributed by atoms with van der Waals surface area (Å²) in [5.41, 5.74) is 3.84. The smallest absolute Gasteiger partial charge is 0.271 e. The topological polar surface area (TPSA) is 54.4 Å². The highest BCUT2D eigenvalue weighted by Crippen LogP contribution is 2.44. The standard InChI is InChI=1S/C22H27N3O3/c1-5-9-25-20(15-6-7-17-18(12-15)28-13-27-17)19-16(11-14(2)3)23-8-10-24(4)21(19)22(25)26/h5-7,12,14,20H,1,8-11,13H2,2-4H3. The van der Waals surface area contributed by atoms with Gasteiger partial charge in [0.1, 0.15) is 5.70 Å². The van der Waals surface area contributed by atoms with E-state index in [0.29, 0.717) is 19.0 Å². The molecule has 6 heteroatoms. The first kappa shape index (κ1) is 18.6. The van der Waals surface area contributed by atoms with Crippen LogP contribution in [0.1, 0.15) is 31.9 Å². The molecular formula is C22H27N3O3. The molecule has 0 bridgehead atoms. The van der Waals surface area contributed by atoms with Gasteiger partial charge in [-0.2, -0.15) is 0 Å². The third kappa shape index (κ3) is 3.07. The van der Waals surface area contributed by atoms with E-state index in [1.54, 1.807) is 6.08 Å². The summed E-state index contributed by atoms with van der Waals surface area (Å²) >= 11 is 0. The van der Waals surface area contributed by atoms with Crippen LogP contribution in [0.4, 0.5) is 0 Å². The number of amides is 1. The van der Waals surface area contributed by atoms with Crippen LogP contribution in [-0.2, 0) is 4.79 Å². The maximum absolute atomic E-state index is 13.4. The van der Waals surface area contributed by atoms with E-state index in [4.69, 9.17) is 14.5 Å². The fourth-order valence-corrected chi connectivity index (χ4v) is 4.17. The summed E-state index contributed by atoms with van der Waals surface area (Å²) in [6.45, 7) is 10.4. The lowest BCUT2D eigenvalue weighted by Gasteiger charge is -2.27. The van der Waals surface area contributed by atoms with Gasteiger partial charge in [0.05, 0.1) is 12.6 Å². The monoisotopic (exact) mass is 381 g/mol. The van der Waals surface area contributed by atoms with Crippen LogP contribution in [0.15, 0.2) is 47.1 Å². The summed E-state index contributed by atoms with van der Waals surface area (Å²) in [6, 6.07) is 5.74. The summed E-state index contributed by atoms with van der Waals surface area (Å²) < 4.78 is 11.1. The zero-order valence-electron chi connectivity index (χ0n) is 16.8. The molecule has 28 heavy (non-hydrogen) atoms. The Balaban J connectivity index is 1.86. The molecule has 0 aromatic heterocycles. The van der Waals surface area contributed by atoms with Crippen molar-refractivity contribution in [3.63, 3.8) is 0 Å². The normalized spacial score (nSPS) is 21.2. The van der Waals surface area contributed by atoms with Crippen molar-refractivity contribution in [2.24, 2.45) is 10.9 Å². The lowest BCUT2D eigenvalue weighted by molar-refractivity contribution is -0.127. The van der Waals surface area contributed by atoms with E-state index in [9.17, 15) is 4.79 Å². The van der Waals surface area contributed by atoms with Crippen LogP contribution in [0.2, 0.25) is 0 Å². The number of carbonyl (C=O) groups excluding carboxylic acids is 1. The molecule has 3 aliphatic rings. The number of rotatable bonds is 5. The fourth-order valence-electron chi connectivity index (χ4n) is 4.17. The minimum atomic E-state index is -0.201. The number of hydrogen-bond acceptors (Lipinski definition) is 5. The Bertz CT molecular complexity index is 872. The second-order valence-corrected chi connectivity index (χ2v) is 7.87. The van der Waals surface area contributed by atoms with Gasteiger partial charge in [0, 0.05) is 31.4 Å². The fraction of sp³-hybridized carbons (Fsp3) is 0.455. The van der Waals surface area contributed by atoms with Gasteiger partial charge in [-0.3, -0.25) is 9.79 Å². The first-order chi connectivity index (χ1) is 13.5. The van der Waals surface area contributed by atoms with Crippen LogP contribution >= 0.6 is 0 Å². The van der Waals surface area contributed by atoms with Gasteiger partial charge < -0.3 is 19.3 Å². The molecule has 6 nitrogen and oxygen atoms in total. The Morgan fingerprint density at radius 2 is 2.11 bits per heavy atom. The van der Waals surface area contributed by atoms with Crippen LogP contribution in [0, 0.1) is 5.92 Å². The highest BCUT2D eigenvalue weighted by atomic mass is 16.7. The Labute approximate surface area is 166 Å². The number of carbonyl (C=O) groups is 1. The molecule has 1 aromatic carbocycles. The van der Waals surface area contributed by atoms with Crippen LogP contribution in [0.3, 0.4) is 0 Å². The molecule has 0 fully saturated rings. The van der Waals surface area contributed by atoms with E-state index in [1.165, 1.54) is 0 Å². The number of hydrogen-bond donors (Lipinski definition) is 0. The molecule has 148 valence electrons. The summed E-state index contributed by atoms with van der Waals surface area (Å²) in [4.78, 5) is 22.2. The van der Waals surface area contributed by atoms with E-state index < -0.39 is 0 Å². The molecule has 1 aromatic rings. The van der Waals surface area contributed by atoms with E-state index >= 15 is 0 Å². The molecule has 0 spiro atoms. The summed E-state index contributed by atoms with van der Waals surface area (Å²) in [5, 5.41) is 0. The molecule has 0 saturated heterocycles. The average molecular weight is 381 g/mol. The van der Waals surface area contributed by atoms with Crippen LogP contribution in [-0.4, -0.2) is 54.9 Å². The molecule has 1 atom stereocenters. The Morgan fingerprint density at radius 3 is 2.86 bits per heavy atom. The van der Waals surface area contributed by atoms with E-state index in [-0.39, 0.29) is 18.7 Å². The first-order valence-corrected chi connectivity index (χ1v) is 9.81. The first-order valence-electron chi connectivity index (χ1n) is 9.81. The van der Waals surface area contributed by atoms with Crippen molar-refractivity contribution in [3.8, 4) is 11.5 Å². The molecule has 0 saturated carbocycles. The van der Waals surface area contributed by atoms with Gasteiger partial charge in [-0.05, 0) is 30.0 Å². The van der Waals surface area contributed by atoms with Crippen molar-refractivity contribution in [3.05, 3.63) is 47.7 Å². The highest BCUT2D eigenvalue weighted by Gasteiger charge is 2.44. The zero-order valence-corrected chi connectivity index (χ0v) is 16.8. The van der Waals surface area contributed by atoms with Crippen LogP contribution in [0.5, 0.6) is 11.5 Å². The Hall–Kier alpha value is -2.76. The van der Waals surface area contributed by atoms with Crippen molar-refractivity contribution >= 4 is 11.6 Å². The van der Waals surface area contributed by atoms with Crippen molar-refractivity contribution in [1.82, 2.24) is 9.80 Å². The minimum Gasteiger partial charge on any atom is -0.454 e. The minimum absolute atomic E-state index is 0.0402. The Kier molecular flexibility index (Phi) is 4.87. The summed E-state index contributed by atoms with van der Waals surface area (Å²) in [6.07, 6.45) is 2.63. The molecule has 1 unspecified atom stereocenters. The number of fused-ring (bicyclic) bond motifs is 1. The van der Waals surface area contributed by atoms with Crippen LogP contribution in [0.25, 0.3) is 0 Å². The van der Waals surface area contributed by atoms with Crippen molar-refractivity contribution < 1.29 is 14.3 Å². The molecule has 1 amide bonds. The predicted octanol–water partition coefficient (Wildman–Crippen LogP) is 3.17. The van der Waals surface area contributed by atoms with Crippen LogP contribution < -0.4 is 9.47 Å². The summed E-state index contributed by atoms with van der Waals surface area (Å²) in [7, 11) is 1.98. The Morgan fingerprint density at radius 1 is 1.32 bits per heavy atom. The largest absolute Gasteiger partial charge is 0.454 e. The third-order valence-corrected chi connectivity index (χ3v) is 5.37. The lowest BCUT2D eigenvalue weighted by atomic mass is 9.90. The highest BCUT2D eigenvalue weighted by molar-refractivity contribution is 6.12. The second-order valence-electron chi connectivity index (χ2n) is 7.87. The number of nitrogens with zero attached hydrogens (tertiary/aromatic N) is 3. The summed E-state index contributed by atoms with van der Waals surface area (Å²) in [5.74, 6) is 1.96. The van der Waals surface area contributed by atoms with Gasteiger partial charge in [0.2, 0.25) is 6.79 Å². The van der Waals surface area contributed by atoms with Gasteiger partial charge in [-0.25, -0.2) is 0 Å². The van der Waals surface area contributed by atoms with Gasteiger partial charge in [-0.1, -0.05) is 26.0 Å². The van der Waals surface area contributed by atoms with E-state index in [1.807, 2.05) is 30.1 Å². The zero-order chi connectivity index (χ0) is 19.8. The third-order valence-electron chi connectivity index (χ3n) is 5.37. The molecule has 0 aliphatic carbocycles. The number of aliphatic imine (C=N–C) groups is 1. The quantitative estimate of drug-likeness (QED) is 0.735. The lowest BCUT2D eigenvalue weighted by Crippen LogP contribution is -2.34. The predicted molar refractivity (Wildman–Crippen MR) is 109 cm³/mol. The van der Waals surface area contributed by atoms with Gasteiger partial charge >= 0.3 is 0 Å². The second kappa shape index (κ2) is 7.34. The molecule has 3 aliphatic heterocycles. The maximum atomic E-state index is 13.4. The number of benzene rings is 1. The van der Waals surface area contributed by atoms with Gasteiger partial charge in [0.15, 0.2) is 11.5 Å². The van der Waals surface area contributed by atoms with Gasteiger partial charge in [0.25, 0.3) is 5.91 Å².